The quantitative estimate of drug-likeness (QED) is 0.675. The van der Waals surface area contributed by atoms with Gasteiger partial charge in [0.1, 0.15) is 0 Å². The van der Waals surface area contributed by atoms with E-state index in [0.29, 0.717) is 0 Å². The molecule has 1 fully saturated rings. The predicted molar refractivity (Wildman–Crippen MR) is 76.4 cm³/mol. The monoisotopic (exact) mass is 240 g/mol. The fraction of sp³-hybridized carbons (Fsp3) is 1.00. The first-order valence-corrected chi connectivity index (χ1v) is 7.52. The first-order valence-electron chi connectivity index (χ1n) is 7.52. The van der Waals surface area contributed by atoms with Gasteiger partial charge in [0.25, 0.3) is 0 Å². The molecule has 2 nitrogen and oxygen atoms in total. The van der Waals surface area contributed by atoms with Crippen molar-refractivity contribution in [2.45, 2.75) is 46.5 Å². The largest absolute Gasteiger partial charge is 0.306 e. The molecule has 0 aromatic carbocycles. The molecular formula is C15H32N2. The van der Waals surface area contributed by atoms with Gasteiger partial charge in [-0.25, -0.2) is 0 Å². The van der Waals surface area contributed by atoms with E-state index in [9.17, 15) is 0 Å². The number of hydrogen-bond acceptors (Lipinski definition) is 2. The Balaban J connectivity index is 2.14. The second-order valence-corrected chi connectivity index (χ2v) is 6.25. The number of unbranched alkanes of at least 4 members (excludes halogenated alkanes) is 1. The minimum atomic E-state index is 0.796. The van der Waals surface area contributed by atoms with Crippen LogP contribution < -0.4 is 0 Å². The Morgan fingerprint density at radius 1 is 1.24 bits per heavy atom. The van der Waals surface area contributed by atoms with E-state index in [4.69, 9.17) is 0 Å². The summed E-state index contributed by atoms with van der Waals surface area (Å²) < 4.78 is 0. The summed E-state index contributed by atoms with van der Waals surface area (Å²) >= 11 is 0. The molecule has 0 bridgehead atoms. The third-order valence-electron chi connectivity index (χ3n) is 3.78. The van der Waals surface area contributed by atoms with Crippen molar-refractivity contribution in [1.82, 2.24) is 9.80 Å². The summed E-state index contributed by atoms with van der Waals surface area (Å²) in [4.78, 5) is 5.18. The SMILES string of the molecule is CCCCN1CCC(CN(C)CC(C)C)CC1. The van der Waals surface area contributed by atoms with Crippen LogP contribution in [0, 0.1) is 11.8 Å². The molecule has 0 aromatic heterocycles. The average Bonchev–Trinajstić information content (AvgIpc) is 2.27. The van der Waals surface area contributed by atoms with Crippen molar-refractivity contribution in [3.8, 4) is 0 Å². The molecule has 0 saturated carbocycles. The molecule has 1 aliphatic heterocycles. The highest BCUT2D eigenvalue weighted by atomic mass is 15.1. The topological polar surface area (TPSA) is 6.48 Å². The fourth-order valence-corrected chi connectivity index (χ4v) is 2.91. The lowest BCUT2D eigenvalue weighted by molar-refractivity contribution is 0.148. The molecule has 0 unspecified atom stereocenters. The third kappa shape index (κ3) is 6.42. The maximum atomic E-state index is 2.66. The van der Waals surface area contributed by atoms with Crippen molar-refractivity contribution in [3.05, 3.63) is 0 Å². The highest BCUT2D eigenvalue weighted by Gasteiger charge is 2.19. The molecular weight excluding hydrogens is 208 g/mol. The normalized spacial score (nSPS) is 19.4. The van der Waals surface area contributed by atoms with E-state index in [1.807, 2.05) is 0 Å². The van der Waals surface area contributed by atoms with Crippen LogP contribution in [-0.2, 0) is 0 Å². The molecule has 0 atom stereocenters. The number of likely N-dealkylation sites (tertiary alicyclic amines) is 1. The average molecular weight is 240 g/mol. The van der Waals surface area contributed by atoms with Crippen LogP contribution in [0.15, 0.2) is 0 Å². The van der Waals surface area contributed by atoms with Crippen LogP contribution in [0.5, 0.6) is 0 Å². The molecule has 102 valence electrons. The van der Waals surface area contributed by atoms with Gasteiger partial charge in [-0.3, -0.25) is 0 Å². The van der Waals surface area contributed by atoms with Gasteiger partial charge in [-0.05, 0) is 57.8 Å². The summed E-state index contributed by atoms with van der Waals surface area (Å²) in [6, 6.07) is 0. The van der Waals surface area contributed by atoms with Gasteiger partial charge in [-0.15, -0.1) is 0 Å². The summed E-state index contributed by atoms with van der Waals surface area (Å²) in [7, 11) is 2.28. The maximum absolute atomic E-state index is 2.66. The number of hydrogen-bond donors (Lipinski definition) is 0. The van der Waals surface area contributed by atoms with Crippen molar-refractivity contribution in [2.75, 3.05) is 39.8 Å². The van der Waals surface area contributed by atoms with Crippen molar-refractivity contribution in [3.63, 3.8) is 0 Å². The van der Waals surface area contributed by atoms with Crippen molar-refractivity contribution < 1.29 is 0 Å². The van der Waals surface area contributed by atoms with Gasteiger partial charge in [0.2, 0.25) is 0 Å². The molecule has 17 heavy (non-hydrogen) atoms. The Morgan fingerprint density at radius 3 is 2.41 bits per heavy atom. The van der Waals surface area contributed by atoms with Gasteiger partial charge in [0, 0.05) is 13.1 Å². The maximum Gasteiger partial charge on any atom is 0.000767 e. The van der Waals surface area contributed by atoms with E-state index in [-0.39, 0.29) is 0 Å². The van der Waals surface area contributed by atoms with Crippen molar-refractivity contribution >= 4 is 0 Å². The van der Waals surface area contributed by atoms with Crippen LogP contribution >= 0.6 is 0 Å². The molecule has 0 aromatic rings. The smallest absolute Gasteiger partial charge is 0.000767 e. The molecule has 0 spiro atoms. The molecule has 2 heteroatoms. The van der Waals surface area contributed by atoms with Gasteiger partial charge in [-0.1, -0.05) is 27.2 Å². The first kappa shape index (κ1) is 15.0. The van der Waals surface area contributed by atoms with E-state index in [2.05, 4.69) is 37.6 Å². The zero-order chi connectivity index (χ0) is 12.7. The van der Waals surface area contributed by atoms with E-state index in [1.165, 1.54) is 58.4 Å². The molecule has 1 saturated heterocycles. The minimum absolute atomic E-state index is 0.796. The summed E-state index contributed by atoms with van der Waals surface area (Å²) in [6.45, 7) is 13.4. The number of piperidine rings is 1. The fourth-order valence-electron chi connectivity index (χ4n) is 2.91. The number of rotatable bonds is 7. The van der Waals surface area contributed by atoms with Crippen molar-refractivity contribution in [2.24, 2.45) is 11.8 Å². The van der Waals surface area contributed by atoms with Gasteiger partial charge in [0.05, 0.1) is 0 Å². The van der Waals surface area contributed by atoms with Crippen LogP contribution in [0.1, 0.15) is 46.5 Å². The van der Waals surface area contributed by atoms with Crippen LogP contribution in [0.2, 0.25) is 0 Å². The molecule has 0 aliphatic carbocycles. The Labute approximate surface area is 108 Å². The van der Waals surface area contributed by atoms with Crippen LogP contribution in [0.4, 0.5) is 0 Å². The van der Waals surface area contributed by atoms with E-state index < -0.39 is 0 Å². The van der Waals surface area contributed by atoms with Crippen molar-refractivity contribution in [1.29, 1.82) is 0 Å². The van der Waals surface area contributed by atoms with Gasteiger partial charge in [0.15, 0.2) is 0 Å². The van der Waals surface area contributed by atoms with Gasteiger partial charge < -0.3 is 9.80 Å². The lowest BCUT2D eigenvalue weighted by Gasteiger charge is -2.34. The van der Waals surface area contributed by atoms with Crippen LogP contribution in [0.25, 0.3) is 0 Å². The summed E-state index contributed by atoms with van der Waals surface area (Å²) in [6.07, 6.45) is 5.52. The standard InChI is InChI=1S/C15H32N2/c1-5-6-9-17-10-7-15(8-11-17)13-16(4)12-14(2)3/h14-15H,5-13H2,1-4H3. The molecule has 1 aliphatic rings. The highest BCUT2D eigenvalue weighted by molar-refractivity contribution is 4.74. The lowest BCUT2D eigenvalue weighted by atomic mass is 9.96. The van der Waals surface area contributed by atoms with Crippen LogP contribution in [-0.4, -0.2) is 49.6 Å². The lowest BCUT2D eigenvalue weighted by Crippen LogP contribution is -2.38. The van der Waals surface area contributed by atoms with E-state index in [0.717, 1.165) is 11.8 Å². The number of nitrogens with zero attached hydrogens (tertiary/aromatic N) is 2. The molecule has 1 rings (SSSR count). The summed E-state index contributed by atoms with van der Waals surface area (Å²) in [5, 5.41) is 0. The summed E-state index contributed by atoms with van der Waals surface area (Å²) in [5.41, 5.74) is 0. The Hall–Kier alpha value is -0.0800. The van der Waals surface area contributed by atoms with Gasteiger partial charge in [-0.2, -0.15) is 0 Å². The summed E-state index contributed by atoms with van der Waals surface area (Å²) in [5.74, 6) is 1.74. The second kappa shape index (κ2) is 8.10. The van der Waals surface area contributed by atoms with Crippen LogP contribution in [0.3, 0.4) is 0 Å². The Morgan fingerprint density at radius 2 is 1.88 bits per heavy atom. The van der Waals surface area contributed by atoms with Gasteiger partial charge >= 0.3 is 0 Å². The predicted octanol–water partition coefficient (Wildman–Crippen LogP) is 3.09. The molecule has 0 amide bonds. The molecule has 1 heterocycles. The van der Waals surface area contributed by atoms with E-state index >= 15 is 0 Å². The Bertz CT molecular complexity index is 183. The third-order valence-corrected chi connectivity index (χ3v) is 3.78. The van der Waals surface area contributed by atoms with E-state index in [1.54, 1.807) is 0 Å². The Kier molecular flexibility index (Phi) is 7.14. The zero-order valence-electron chi connectivity index (χ0n) is 12.4. The minimum Gasteiger partial charge on any atom is -0.306 e. The molecule has 0 radical (unpaired) electrons. The zero-order valence-corrected chi connectivity index (χ0v) is 12.4. The molecule has 0 N–H and O–H groups in total. The first-order chi connectivity index (χ1) is 8.11. The second-order valence-electron chi connectivity index (χ2n) is 6.25. The highest BCUT2D eigenvalue weighted by Crippen LogP contribution is 2.18.